The molecule has 1 heterocycles. The molecule has 0 unspecified atom stereocenters. The van der Waals surface area contributed by atoms with E-state index in [2.05, 4.69) is 15.8 Å². The first-order chi connectivity index (χ1) is 9.00. The lowest BCUT2D eigenvalue weighted by molar-refractivity contribution is -0.140. The average molecular weight is 284 g/mol. The van der Waals surface area contributed by atoms with E-state index in [1.165, 1.54) is 6.07 Å². The molecule has 0 bridgehead atoms. The number of para-hydroxylation sites is 1. The molecule has 1 aromatic heterocycles. The van der Waals surface area contributed by atoms with E-state index in [9.17, 15) is 13.2 Å². The van der Waals surface area contributed by atoms with Gasteiger partial charge in [0.15, 0.2) is 5.69 Å². The maximum atomic E-state index is 12.6. The molecule has 19 heavy (non-hydrogen) atoms. The van der Waals surface area contributed by atoms with E-state index in [1.807, 2.05) is 6.07 Å². The van der Waals surface area contributed by atoms with Gasteiger partial charge in [0.05, 0.1) is 5.69 Å². The highest BCUT2D eigenvalue weighted by Crippen LogP contribution is 2.35. The van der Waals surface area contributed by atoms with E-state index < -0.39 is 16.7 Å². The molecule has 4 nitrogen and oxygen atoms in total. The Bertz CT molecular complexity index is 601. The van der Waals surface area contributed by atoms with Gasteiger partial charge in [-0.1, -0.05) is 29.5 Å². The normalized spacial score (nSPS) is 10.8. The van der Waals surface area contributed by atoms with E-state index in [1.54, 1.807) is 24.3 Å². The number of aromatic nitrogens is 1. The summed E-state index contributed by atoms with van der Waals surface area (Å²) >= 11 is 0.640. The molecule has 2 aromatic rings. The fraction of sp³-hybridized carbons (Fsp3) is 0.0909. The largest absolute Gasteiger partial charge is 0.435 e. The van der Waals surface area contributed by atoms with Crippen molar-refractivity contribution in [3.05, 3.63) is 40.9 Å². The van der Waals surface area contributed by atoms with Crippen LogP contribution in [0.3, 0.4) is 0 Å². The summed E-state index contributed by atoms with van der Waals surface area (Å²) in [6.07, 6.45) is -4.63. The van der Waals surface area contributed by atoms with Crippen LogP contribution in [0.2, 0.25) is 0 Å². The minimum atomic E-state index is -4.63. The van der Waals surface area contributed by atoms with Crippen LogP contribution in [-0.2, 0) is 6.18 Å². The van der Waals surface area contributed by atoms with Crippen LogP contribution in [0, 0.1) is 11.3 Å². The van der Waals surface area contributed by atoms with Crippen LogP contribution >= 0.6 is 11.3 Å². The van der Waals surface area contributed by atoms with Gasteiger partial charge in [-0.05, 0) is 12.1 Å². The Labute approximate surface area is 110 Å². The molecule has 0 amide bonds. The number of hydrazine groups is 1. The SMILES string of the molecule is N#Cc1sc(NNc2ccccc2)nc1C(F)(F)F. The fourth-order valence-electron chi connectivity index (χ4n) is 1.29. The fourth-order valence-corrected chi connectivity index (χ4v) is 2.02. The van der Waals surface area contributed by atoms with Crippen molar-refractivity contribution >= 4 is 22.2 Å². The third kappa shape index (κ3) is 3.14. The molecular formula is C11H7F3N4S. The third-order valence-electron chi connectivity index (χ3n) is 2.08. The Morgan fingerprint density at radius 1 is 1.16 bits per heavy atom. The Hall–Kier alpha value is -2.27. The van der Waals surface area contributed by atoms with Gasteiger partial charge in [0, 0.05) is 0 Å². The number of nitrogens with one attached hydrogen (secondary N) is 2. The highest BCUT2D eigenvalue weighted by Gasteiger charge is 2.37. The van der Waals surface area contributed by atoms with Crippen LogP contribution < -0.4 is 10.9 Å². The van der Waals surface area contributed by atoms with Crippen molar-refractivity contribution in [2.45, 2.75) is 6.18 Å². The van der Waals surface area contributed by atoms with Crippen molar-refractivity contribution in [1.29, 1.82) is 5.26 Å². The van der Waals surface area contributed by atoms with E-state index in [0.29, 0.717) is 17.0 Å². The minimum absolute atomic E-state index is 0.0206. The Balaban J connectivity index is 2.15. The van der Waals surface area contributed by atoms with Gasteiger partial charge in [-0.3, -0.25) is 10.9 Å². The Morgan fingerprint density at radius 3 is 2.37 bits per heavy atom. The van der Waals surface area contributed by atoms with Crippen LogP contribution in [0.4, 0.5) is 24.0 Å². The van der Waals surface area contributed by atoms with Crippen LogP contribution in [0.25, 0.3) is 0 Å². The number of rotatable bonds is 3. The number of anilines is 2. The molecule has 0 atom stereocenters. The Kier molecular flexibility index (Phi) is 3.57. The van der Waals surface area contributed by atoms with E-state index in [0.717, 1.165) is 0 Å². The molecule has 0 fully saturated rings. The molecule has 0 spiro atoms. The van der Waals surface area contributed by atoms with Crippen molar-refractivity contribution in [1.82, 2.24) is 4.98 Å². The lowest BCUT2D eigenvalue weighted by Crippen LogP contribution is -2.10. The number of halogens is 3. The molecule has 0 saturated carbocycles. The number of hydrogen-bond donors (Lipinski definition) is 2. The van der Waals surface area contributed by atoms with Crippen molar-refractivity contribution < 1.29 is 13.2 Å². The van der Waals surface area contributed by atoms with Gasteiger partial charge in [-0.25, -0.2) is 4.98 Å². The summed E-state index contributed by atoms with van der Waals surface area (Å²) in [6, 6.07) is 10.3. The molecule has 0 saturated heterocycles. The van der Waals surface area contributed by atoms with Crippen LogP contribution in [0.5, 0.6) is 0 Å². The predicted molar refractivity (Wildman–Crippen MR) is 65.5 cm³/mol. The molecule has 0 radical (unpaired) electrons. The molecule has 8 heteroatoms. The van der Waals surface area contributed by atoms with E-state index in [-0.39, 0.29) is 5.13 Å². The second-order valence-corrected chi connectivity index (χ2v) is 4.42. The number of thiazole rings is 1. The standard InChI is InChI=1S/C11H7F3N4S/c12-11(13,14)9-8(6-15)19-10(16-9)18-17-7-4-2-1-3-5-7/h1-5,17H,(H,16,18). The van der Waals surface area contributed by atoms with Gasteiger partial charge in [-0.15, -0.1) is 0 Å². The van der Waals surface area contributed by atoms with Gasteiger partial charge in [0.25, 0.3) is 0 Å². The quantitative estimate of drug-likeness (QED) is 0.847. The lowest BCUT2D eigenvalue weighted by Gasteiger charge is -2.06. The van der Waals surface area contributed by atoms with Crippen LogP contribution in [0.15, 0.2) is 30.3 Å². The summed E-state index contributed by atoms with van der Waals surface area (Å²) in [5.41, 5.74) is 4.73. The number of nitriles is 1. The van der Waals surface area contributed by atoms with Gasteiger partial charge in [0.2, 0.25) is 5.13 Å². The summed E-state index contributed by atoms with van der Waals surface area (Å²) in [4.78, 5) is 2.90. The van der Waals surface area contributed by atoms with Gasteiger partial charge < -0.3 is 0 Å². The zero-order valence-electron chi connectivity index (χ0n) is 9.32. The number of alkyl halides is 3. The smallest absolute Gasteiger partial charge is 0.299 e. The first kappa shape index (κ1) is 13.2. The molecule has 0 aliphatic heterocycles. The van der Waals surface area contributed by atoms with Gasteiger partial charge in [-0.2, -0.15) is 18.4 Å². The van der Waals surface area contributed by atoms with E-state index in [4.69, 9.17) is 5.26 Å². The summed E-state index contributed by atoms with van der Waals surface area (Å²) in [6.45, 7) is 0. The zero-order valence-corrected chi connectivity index (χ0v) is 10.1. The highest BCUT2D eigenvalue weighted by atomic mass is 32.1. The second-order valence-electron chi connectivity index (χ2n) is 3.42. The molecule has 2 N–H and O–H groups in total. The predicted octanol–water partition coefficient (Wildman–Crippen LogP) is 3.47. The average Bonchev–Trinajstić information content (AvgIpc) is 2.81. The van der Waals surface area contributed by atoms with Crippen molar-refractivity contribution in [3.63, 3.8) is 0 Å². The number of hydrogen-bond acceptors (Lipinski definition) is 5. The third-order valence-corrected chi connectivity index (χ3v) is 2.96. The minimum Gasteiger partial charge on any atom is -0.299 e. The monoisotopic (exact) mass is 284 g/mol. The summed E-state index contributed by atoms with van der Waals surface area (Å²) in [7, 11) is 0. The molecule has 0 aliphatic carbocycles. The molecular weight excluding hydrogens is 277 g/mol. The van der Waals surface area contributed by atoms with Gasteiger partial charge >= 0.3 is 6.18 Å². The van der Waals surface area contributed by atoms with Crippen molar-refractivity contribution in [3.8, 4) is 6.07 Å². The topological polar surface area (TPSA) is 60.7 Å². The summed E-state index contributed by atoms with van der Waals surface area (Å²) in [5.74, 6) is 0. The van der Waals surface area contributed by atoms with Crippen LogP contribution in [0.1, 0.15) is 10.6 Å². The van der Waals surface area contributed by atoms with Crippen LogP contribution in [-0.4, -0.2) is 4.98 Å². The molecule has 1 aromatic carbocycles. The number of benzene rings is 1. The lowest BCUT2D eigenvalue weighted by atomic mass is 10.3. The second kappa shape index (κ2) is 5.16. The number of nitrogens with zero attached hydrogens (tertiary/aromatic N) is 2. The maximum absolute atomic E-state index is 12.6. The summed E-state index contributed by atoms with van der Waals surface area (Å²) < 4.78 is 37.7. The highest BCUT2D eigenvalue weighted by molar-refractivity contribution is 7.16. The van der Waals surface area contributed by atoms with Crippen molar-refractivity contribution in [2.75, 3.05) is 10.9 Å². The zero-order chi connectivity index (χ0) is 13.9. The molecule has 2 rings (SSSR count). The maximum Gasteiger partial charge on any atom is 0.435 e. The molecule has 0 aliphatic rings. The van der Waals surface area contributed by atoms with E-state index >= 15 is 0 Å². The first-order valence-electron chi connectivity index (χ1n) is 5.06. The van der Waals surface area contributed by atoms with Crippen molar-refractivity contribution in [2.24, 2.45) is 0 Å². The first-order valence-corrected chi connectivity index (χ1v) is 5.87. The summed E-state index contributed by atoms with van der Waals surface area (Å²) in [5, 5.41) is 8.63. The molecule has 98 valence electrons. The Morgan fingerprint density at radius 2 is 1.84 bits per heavy atom. The van der Waals surface area contributed by atoms with Gasteiger partial charge in [0.1, 0.15) is 10.9 Å².